The number of aliphatic imine (C=N–C) groups is 1. The van der Waals surface area contributed by atoms with Crippen LogP contribution in [-0.2, 0) is 6.54 Å². The van der Waals surface area contributed by atoms with Crippen LogP contribution in [0.2, 0.25) is 0 Å². The van der Waals surface area contributed by atoms with Gasteiger partial charge < -0.3 is 21.0 Å². The van der Waals surface area contributed by atoms with Gasteiger partial charge in [0, 0.05) is 6.04 Å². The maximum atomic E-state index is 6.05. The largest absolute Gasteiger partial charge is 0.383 e. The molecule has 7 nitrogen and oxygen atoms in total. The van der Waals surface area contributed by atoms with Crippen molar-refractivity contribution < 1.29 is 0 Å². The van der Waals surface area contributed by atoms with E-state index in [1.165, 1.54) is 0 Å². The number of nitrogens with two attached hydrogens (primary N) is 2. The van der Waals surface area contributed by atoms with Gasteiger partial charge in [0.2, 0.25) is 0 Å². The van der Waals surface area contributed by atoms with E-state index in [0.29, 0.717) is 23.9 Å². The lowest BCUT2D eigenvalue weighted by Crippen LogP contribution is -2.17. The predicted molar refractivity (Wildman–Crippen MR) is 87.5 cm³/mol. The van der Waals surface area contributed by atoms with Gasteiger partial charge in [-0.2, -0.15) is 0 Å². The fourth-order valence-corrected chi connectivity index (χ4v) is 2.29. The smallest absolute Gasteiger partial charge is 0.148 e. The van der Waals surface area contributed by atoms with Crippen molar-refractivity contribution in [3.05, 3.63) is 42.1 Å². The topological polar surface area (TPSA) is 111 Å². The van der Waals surface area contributed by atoms with Crippen molar-refractivity contribution in [2.24, 2.45) is 10.7 Å². The van der Waals surface area contributed by atoms with E-state index in [1.54, 1.807) is 6.33 Å². The summed E-state index contributed by atoms with van der Waals surface area (Å²) in [5.74, 6) is 1.60. The van der Waals surface area contributed by atoms with Gasteiger partial charge in [0.05, 0.1) is 23.9 Å². The van der Waals surface area contributed by atoms with E-state index in [1.807, 2.05) is 42.7 Å². The van der Waals surface area contributed by atoms with Gasteiger partial charge in [-0.05, 0) is 26.0 Å². The van der Waals surface area contributed by atoms with Crippen LogP contribution < -0.4 is 11.5 Å². The lowest BCUT2D eigenvalue weighted by Gasteiger charge is -2.08. The highest BCUT2D eigenvalue weighted by Gasteiger charge is 2.13. The number of H-pyrrole nitrogens is 1. The van der Waals surface area contributed by atoms with Crippen molar-refractivity contribution in [1.29, 1.82) is 0 Å². The number of hydrogen-bond acceptors (Lipinski definition) is 4. The molecule has 0 aliphatic rings. The molecule has 0 unspecified atom stereocenters. The summed E-state index contributed by atoms with van der Waals surface area (Å²) in [6, 6.07) is 8.06. The Morgan fingerprint density at radius 2 is 2.14 bits per heavy atom. The molecule has 3 rings (SSSR count). The van der Waals surface area contributed by atoms with Gasteiger partial charge in [0.25, 0.3) is 0 Å². The second-order valence-corrected chi connectivity index (χ2v) is 5.38. The van der Waals surface area contributed by atoms with Gasteiger partial charge in [-0.25, -0.2) is 9.97 Å². The average Bonchev–Trinajstić information content (AvgIpc) is 3.07. The van der Waals surface area contributed by atoms with Gasteiger partial charge in [-0.1, -0.05) is 12.1 Å². The van der Waals surface area contributed by atoms with Crippen molar-refractivity contribution in [1.82, 2.24) is 19.5 Å². The summed E-state index contributed by atoms with van der Waals surface area (Å²) in [6.07, 6.45) is 1.68. The first-order valence-corrected chi connectivity index (χ1v) is 7.12. The Hall–Kier alpha value is -2.83. The molecular formula is C15H19N7. The Balaban J connectivity index is 1.82. The molecule has 2 heterocycles. The van der Waals surface area contributed by atoms with Crippen molar-refractivity contribution in [2.75, 3.05) is 5.73 Å². The second-order valence-electron chi connectivity index (χ2n) is 5.38. The number of imidazole rings is 2. The van der Waals surface area contributed by atoms with E-state index < -0.39 is 0 Å². The summed E-state index contributed by atoms with van der Waals surface area (Å²) < 4.78 is 1.86. The Morgan fingerprint density at radius 1 is 1.36 bits per heavy atom. The molecule has 1 aromatic carbocycles. The molecule has 114 valence electrons. The summed E-state index contributed by atoms with van der Waals surface area (Å²) in [6.45, 7) is 4.42. The van der Waals surface area contributed by atoms with E-state index in [4.69, 9.17) is 11.5 Å². The first-order valence-electron chi connectivity index (χ1n) is 7.12. The van der Waals surface area contributed by atoms with Gasteiger partial charge in [0.15, 0.2) is 0 Å². The number of nitrogens with zero attached hydrogens (tertiary/aromatic N) is 4. The number of para-hydroxylation sites is 2. The molecule has 2 aromatic heterocycles. The molecule has 0 amide bonds. The molecule has 0 saturated heterocycles. The fourth-order valence-electron chi connectivity index (χ4n) is 2.29. The van der Waals surface area contributed by atoms with Crippen LogP contribution in [-0.4, -0.2) is 25.4 Å². The molecule has 7 heteroatoms. The molecule has 0 aliphatic carbocycles. The van der Waals surface area contributed by atoms with E-state index >= 15 is 0 Å². The lowest BCUT2D eigenvalue weighted by atomic mass is 10.3. The molecule has 5 N–H and O–H groups in total. The van der Waals surface area contributed by atoms with Crippen LogP contribution in [0.25, 0.3) is 11.0 Å². The third-order valence-corrected chi connectivity index (χ3v) is 3.47. The molecule has 0 radical (unpaired) electrons. The molecule has 0 spiro atoms. The molecule has 0 saturated carbocycles. The lowest BCUT2D eigenvalue weighted by molar-refractivity contribution is 0.607. The maximum Gasteiger partial charge on any atom is 0.148 e. The number of fused-ring (bicyclic) bond motifs is 1. The Bertz CT molecular complexity index is 792. The highest BCUT2D eigenvalue weighted by molar-refractivity contribution is 5.99. The average molecular weight is 297 g/mol. The van der Waals surface area contributed by atoms with Crippen molar-refractivity contribution in [3.63, 3.8) is 0 Å². The molecule has 0 bridgehead atoms. The standard InChI is InChI=1S/C15H19N7/c1-9(2)22-8-19-13(15(22)17)14(16)18-7-12-20-10-5-3-4-6-11(10)21-12/h3-6,8-9H,7,17H2,1-2H3,(H2,16,18)(H,20,21). The molecule has 3 aromatic rings. The zero-order valence-corrected chi connectivity index (χ0v) is 12.6. The van der Waals surface area contributed by atoms with E-state index in [2.05, 4.69) is 19.9 Å². The third-order valence-electron chi connectivity index (χ3n) is 3.47. The summed E-state index contributed by atoms with van der Waals surface area (Å²) in [4.78, 5) is 16.3. The number of aromatic amines is 1. The zero-order chi connectivity index (χ0) is 15.7. The molecule has 0 atom stereocenters. The van der Waals surface area contributed by atoms with Crippen LogP contribution in [0.1, 0.15) is 31.4 Å². The van der Waals surface area contributed by atoms with Crippen LogP contribution in [0.4, 0.5) is 5.82 Å². The van der Waals surface area contributed by atoms with Crippen LogP contribution in [0, 0.1) is 0 Å². The highest BCUT2D eigenvalue weighted by Crippen LogP contribution is 2.16. The highest BCUT2D eigenvalue weighted by atomic mass is 15.1. The summed E-state index contributed by atoms with van der Waals surface area (Å²) in [7, 11) is 0. The van der Waals surface area contributed by atoms with Crippen LogP contribution in [0.5, 0.6) is 0 Å². The SMILES string of the molecule is CC(C)n1cnc(C(N)=NCc2nc3ccccc3[nH]2)c1N. The summed E-state index contributed by atoms with van der Waals surface area (Å²) in [5, 5.41) is 0. The van der Waals surface area contributed by atoms with E-state index in [-0.39, 0.29) is 6.04 Å². The van der Waals surface area contributed by atoms with Crippen molar-refractivity contribution in [3.8, 4) is 0 Å². The number of amidine groups is 1. The number of anilines is 1. The van der Waals surface area contributed by atoms with Crippen molar-refractivity contribution in [2.45, 2.75) is 26.4 Å². The number of nitrogens with one attached hydrogen (secondary N) is 1. The molecule has 22 heavy (non-hydrogen) atoms. The van der Waals surface area contributed by atoms with Crippen LogP contribution in [0.3, 0.4) is 0 Å². The van der Waals surface area contributed by atoms with E-state index in [9.17, 15) is 0 Å². The zero-order valence-electron chi connectivity index (χ0n) is 12.6. The molecular weight excluding hydrogens is 278 g/mol. The summed E-state index contributed by atoms with van der Waals surface area (Å²) in [5.41, 5.74) is 14.5. The Morgan fingerprint density at radius 3 is 2.82 bits per heavy atom. The maximum absolute atomic E-state index is 6.05. The number of hydrogen-bond donors (Lipinski definition) is 3. The minimum Gasteiger partial charge on any atom is -0.383 e. The van der Waals surface area contributed by atoms with Gasteiger partial charge in [-0.3, -0.25) is 4.99 Å². The van der Waals surface area contributed by atoms with Gasteiger partial charge in [-0.15, -0.1) is 0 Å². The molecule has 0 aliphatic heterocycles. The predicted octanol–water partition coefficient (Wildman–Crippen LogP) is 1.83. The summed E-state index contributed by atoms with van der Waals surface area (Å²) >= 11 is 0. The number of rotatable bonds is 4. The van der Waals surface area contributed by atoms with Crippen LogP contribution in [0.15, 0.2) is 35.6 Å². The van der Waals surface area contributed by atoms with Gasteiger partial charge >= 0.3 is 0 Å². The number of aromatic nitrogens is 4. The number of nitrogen functional groups attached to an aromatic ring is 1. The Kier molecular flexibility index (Phi) is 3.54. The third kappa shape index (κ3) is 2.52. The monoisotopic (exact) mass is 297 g/mol. The first-order chi connectivity index (χ1) is 10.6. The Labute approximate surface area is 128 Å². The van der Waals surface area contributed by atoms with E-state index in [0.717, 1.165) is 16.9 Å². The first kappa shape index (κ1) is 14.1. The fraction of sp³-hybridized carbons (Fsp3) is 0.267. The number of benzene rings is 1. The molecule has 0 fully saturated rings. The van der Waals surface area contributed by atoms with Gasteiger partial charge in [0.1, 0.15) is 23.2 Å². The minimum absolute atomic E-state index is 0.226. The van der Waals surface area contributed by atoms with Crippen molar-refractivity contribution >= 4 is 22.7 Å². The quantitative estimate of drug-likeness (QED) is 0.504. The van der Waals surface area contributed by atoms with Crippen LogP contribution >= 0.6 is 0 Å². The normalized spacial score (nSPS) is 12.4. The second kappa shape index (κ2) is 5.51. The minimum atomic E-state index is 0.226.